The highest BCUT2D eigenvalue weighted by atomic mass is 32.1. The minimum Gasteiger partial charge on any atom is -0.346 e. The van der Waals surface area contributed by atoms with Gasteiger partial charge >= 0.3 is 0 Å². The van der Waals surface area contributed by atoms with Crippen LogP contribution < -0.4 is 5.32 Å². The molecule has 3 aromatic heterocycles. The second-order valence-electron chi connectivity index (χ2n) is 3.99. The Balaban J connectivity index is 1.66. The molecule has 0 saturated carbocycles. The van der Waals surface area contributed by atoms with Crippen molar-refractivity contribution in [2.24, 2.45) is 0 Å². The first-order valence-electron chi connectivity index (χ1n) is 5.97. The summed E-state index contributed by atoms with van der Waals surface area (Å²) in [6, 6.07) is 9.05. The second-order valence-corrected chi connectivity index (χ2v) is 5.02. The molecular formula is C13H11N5OS. The number of aromatic nitrogens is 4. The van der Waals surface area contributed by atoms with Crippen molar-refractivity contribution in [3.05, 3.63) is 58.7 Å². The lowest BCUT2D eigenvalue weighted by Gasteiger charge is -2.03. The Kier molecular flexibility index (Phi) is 3.51. The van der Waals surface area contributed by atoms with Gasteiger partial charge in [0.1, 0.15) is 0 Å². The maximum Gasteiger partial charge on any atom is 0.272 e. The van der Waals surface area contributed by atoms with Crippen molar-refractivity contribution in [1.29, 1.82) is 0 Å². The van der Waals surface area contributed by atoms with Gasteiger partial charge in [0.25, 0.3) is 5.91 Å². The molecule has 3 aromatic rings. The third-order valence-electron chi connectivity index (χ3n) is 2.63. The van der Waals surface area contributed by atoms with Gasteiger partial charge in [-0.05, 0) is 29.6 Å². The van der Waals surface area contributed by atoms with Crippen LogP contribution in [0.1, 0.15) is 15.4 Å². The van der Waals surface area contributed by atoms with E-state index in [0.717, 1.165) is 4.88 Å². The normalized spacial score (nSPS) is 10.4. The molecular weight excluding hydrogens is 274 g/mol. The fraction of sp³-hybridized carbons (Fsp3) is 0.0769. The van der Waals surface area contributed by atoms with Gasteiger partial charge in [-0.15, -0.1) is 21.5 Å². The quantitative estimate of drug-likeness (QED) is 0.791. The molecule has 0 spiro atoms. The number of hydrogen-bond donors (Lipinski definition) is 1. The highest BCUT2D eigenvalue weighted by molar-refractivity contribution is 7.09. The van der Waals surface area contributed by atoms with E-state index in [0.29, 0.717) is 12.4 Å². The first kappa shape index (κ1) is 12.5. The molecule has 0 aromatic carbocycles. The van der Waals surface area contributed by atoms with Crippen molar-refractivity contribution in [2.45, 2.75) is 6.54 Å². The third-order valence-corrected chi connectivity index (χ3v) is 3.50. The Hall–Kier alpha value is -2.54. The van der Waals surface area contributed by atoms with Gasteiger partial charge in [0.2, 0.25) is 0 Å². The minimum absolute atomic E-state index is 0.238. The van der Waals surface area contributed by atoms with Crippen LogP contribution in [-0.2, 0) is 6.54 Å². The van der Waals surface area contributed by atoms with Crippen LogP contribution in [0.15, 0.2) is 48.1 Å². The fourth-order valence-electron chi connectivity index (χ4n) is 1.64. The number of thiophene rings is 1. The monoisotopic (exact) mass is 285 g/mol. The lowest BCUT2D eigenvalue weighted by molar-refractivity contribution is 0.0945. The predicted molar refractivity (Wildman–Crippen MR) is 74.6 cm³/mol. The van der Waals surface area contributed by atoms with E-state index in [2.05, 4.69) is 20.6 Å². The zero-order chi connectivity index (χ0) is 13.8. The van der Waals surface area contributed by atoms with Crippen molar-refractivity contribution in [3.63, 3.8) is 0 Å². The van der Waals surface area contributed by atoms with Gasteiger partial charge in [-0.2, -0.15) is 5.10 Å². The van der Waals surface area contributed by atoms with Gasteiger partial charge in [-0.3, -0.25) is 4.79 Å². The van der Waals surface area contributed by atoms with Crippen LogP contribution in [0.25, 0.3) is 5.82 Å². The number of carbonyl (C=O) groups excluding carboxylic acids is 1. The van der Waals surface area contributed by atoms with Crippen molar-refractivity contribution >= 4 is 17.2 Å². The Labute approximate surface area is 119 Å². The van der Waals surface area contributed by atoms with Crippen molar-refractivity contribution in [3.8, 4) is 5.82 Å². The third kappa shape index (κ3) is 2.72. The summed E-state index contributed by atoms with van der Waals surface area (Å²) in [6.45, 7) is 0.499. The molecule has 1 amide bonds. The van der Waals surface area contributed by atoms with E-state index < -0.39 is 0 Å². The maximum absolute atomic E-state index is 11.9. The van der Waals surface area contributed by atoms with Gasteiger partial charge in [0.05, 0.1) is 6.54 Å². The summed E-state index contributed by atoms with van der Waals surface area (Å²) >= 11 is 1.60. The average molecular weight is 285 g/mol. The predicted octanol–water partition coefficient (Wildman–Crippen LogP) is 1.65. The number of amides is 1. The molecule has 0 atom stereocenters. The van der Waals surface area contributed by atoms with Gasteiger partial charge in [-0.1, -0.05) is 6.07 Å². The van der Waals surface area contributed by atoms with Crippen LogP contribution in [0.5, 0.6) is 0 Å². The molecule has 0 fully saturated rings. The highest BCUT2D eigenvalue weighted by Crippen LogP contribution is 2.08. The van der Waals surface area contributed by atoms with E-state index in [9.17, 15) is 4.79 Å². The molecule has 0 unspecified atom stereocenters. The number of nitrogens with one attached hydrogen (secondary N) is 1. The SMILES string of the molecule is O=C(NCc1cccs1)c1ccc(-n2cccn2)nn1. The summed E-state index contributed by atoms with van der Waals surface area (Å²) in [5.41, 5.74) is 0.289. The zero-order valence-electron chi connectivity index (χ0n) is 10.4. The maximum atomic E-state index is 11.9. The lowest BCUT2D eigenvalue weighted by Crippen LogP contribution is -2.23. The van der Waals surface area contributed by atoms with E-state index in [1.165, 1.54) is 0 Å². The number of hydrogen-bond acceptors (Lipinski definition) is 5. The van der Waals surface area contributed by atoms with Gasteiger partial charge in [0, 0.05) is 17.3 Å². The molecule has 0 aliphatic heterocycles. The van der Waals surface area contributed by atoms with Gasteiger partial charge in [-0.25, -0.2) is 4.68 Å². The van der Waals surface area contributed by atoms with E-state index in [-0.39, 0.29) is 11.6 Å². The molecule has 3 rings (SSSR count). The summed E-state index contributed by atoms with van der Waals surface area (Å²) < 4.78 is 1.58. The molecule has 3 heterocycles. The Bertz CT molecular complexity index is 676. The molecule has 7 heteroatoms. The largest absolute Gasteiger partial charge is 0.346 e. The minimum atomic E-state index is -0.238. The van der Waals surface area contributed by atoms with Crippen LogP contribution in [0, 0.1) is 0 Å². The summed E-state index contributed by atoms with van der Waals surface area (Å²) in [7, 11) is 0. The molecule has 0 aliphatic rings. The van der Waals surface area contributed by atoms with Crippen molar-refractivity contribution < 1.29 is 4.79 Å². The smallest absolute Gasteiger partial charge is 0.272 e. The number of nitrogens with zero attached hydrogens (tertiary/aromatic N) is 4. The topological polar surface area (TPSA) is 72.7 Å². The summed E-state index contributed by atoms with van der Waals surface area (Å²) in [6.07, 6.45) is 3.42. The standard InChI is InChI=1S/C13H11N5OS/c19-13(14-9-10-3-1-8-20-10)11-4-5-12(17-16-11)18-7-2-6-15-18/h1-8H,9H2,(H,14,19). The summed E-state index contributed by atoms with van der Waals surface area (Å²) in [5, 5.41) is 16.7. The zero-order valence-corrected chi connectivity index (χ0v) is 11.2. The van der Waals surface area contributed by atoms with Crippen LogP contribution in [0.4, 0.5) is 0 Å². The molecule has 20 heavy (non-hydrogen) atoms. The molecule has 0 radical (unpaired) electrons. The molecule has 6 nitrogen and oxygen atoms in total. The number of carbonyl (C=O) groups is 1. The molecule has 0 aliphatic carbocycles. The van der Waals surface area contributed by atoms with Gasteiger partial charge in [0.15, 0.2) is 11.5 Å². The Morgan fingerprint density at radius 1 is 1.25 bits per heavy atom. The Morgan fingerprint density at radius 3 is 2.85 bits per heavy atom. The van der Waals surface area contributed by atoms with E-state index >= 15 is 0 Å². The summed E-state index contributed by atoms with van der Waals surface area (Å²) in [4.78, 5) is 13.0. The van der Waals surface area contributed by atoms with Crippen LogP contribution >= 0.6 is 11.3 Å². The first-order chi connectivity index (χ1) is 9.83. The first-order valence-corrected chi connectivity index (χ1v) is 6.85. The molecule has 0 saturated heterocycles. The van der Waals surface area contributed by atoms with Crippen LogP contribution in [-0.4, -0.2) is 25.9 Å². The van der Waals surface area contributed by atoms with E-state index in [4.69, 9.17) is 0 Å². The molecule has 0 bridgehead atoms. The van der Waals surface area contributed by atoms with Crippen molar-refractivity contribution in [2.75, 3.05) is 0 Å². The van der Waals surface area contributed by atoms with E-state index in [1.807, 2.05) is 17.5 Å². The van der Waals surface area contributed by atoms with Gasteiger partial charge < -0.3 is 5.32 Å². The second kappa shape index (κ2) is 5.62. The fourth-order valence-corrected chi connectivity index (χ4v) is 2.29. The summed E-state index contributed by atoms with van der Waals surface area (Å²) in [5.74, 6) is 0.336. The van der Waals surface area contributed by atoms with Crippen LogP contribution in [0.2, 0.25) is 0 Å². The number of rotatable bonds is 4. The van der Waals surface area contributed by atoms with E-state index in [1.54, 1.807) is 46.6 Å². The van der Waals surface area contributed by atoms with Crippen molar-refractivity contribution in [1.82, 2.24) is 25.3 Å². The average Bonchev–Trinajstić information content (AvgIpc) is 3.18. The highest BCUT2D eigenvalue weighted by Gasteiger charge is 2.08. The Morgan fingerprint density at radius 2 is 2.20 bits per heavy atom. The molecule has 1 N–H and O–H groups in total. The van der Waals surface area contributed by atoms with Crippen LogP contribution in [0.3, 0.4) is 0 Å². The lowest BCUT2D eigenvalue weighted by atomic mass is 10.3. The molecule has 100 valence electrons.